The number of nitrogens with one attached hydrogen (secondary N) is 1. The molecule has 0 atom stereocenters. The van der Waals surface area contributed by atoms with Crippen molar-refractivity contribution in [3.63, 3.8) is 0 Å². The van der Waals surface area contributed by atoms with E-state index < -0.39 is 11.4 Å². The Kier molecular flexibility index (Phi) is 6.26. The van der Waals surface area contributed by atoms with Crippen molar-refractivity contribution in [2.75, 3.05) is 40.3 Å². The van der Waals surface area contributed by atoms with Crippen molar-refractivity contribution in [3.05, 3.63) is 0 Å². The van der Waals surface area contributed by atoms with Crippen LogP contribution in [0.3, 0.4) is 0 Å². The third-order valence-corrected chi connectivity index (χ3v) is 4.20. The number of hydrogen-bond donors (Lipinski definition) is 2. The number of hydrogen-bond acceptors (Lipinski definition) is 3. The van der Waals surface area contributed by atoms with E-state index in [1.807, 2.05) is 21.0 Å². The zero-order valence-corrected chi connectivity index (χ0v) is 12.8. The molecule has 1 heterocycles. The molecule has 0 saturated carbocycles. The average molecular weight is 285 g/mol. The maximum Gasteiger partial charge on any atom is 0.317 e. The van der Waals surface area contributed by atoms with Crippen molar-refractivity contribution in [1.82, 2.24) is 15.1 Å². The van der Waals surface area contributed by atoms with Crippen molar-refractivity contribution in [2.24, 2.45) is 5.41 Å². The predicted molar refractivity (Wildman–Crippen MR) is 77.7 cm³/mol. The Labute approximate surface area is 121 Å². The predicted octanol–water partition coefficient (Wildman–Crippen LogP) is 1.22. The van der Waals surface area contributed by atoms with Crippen LogP contribution in [0.15, 0.2) is 0 Å². The number of nitrogens with zero attached hydrogens (tertiary/aromatic N) is 2. The molecule has 0 bridgehead atoms. The molecule has 6 nitrogen and oxygen atoms in total. The molecule has 0 aliphatic carbocycles. The standard InChI is InChI=1S/C14H27N3O3/c1-4-14(12(18)19)6-10-17(11-7-14)13(20)15-8-5-9-16(2)3/h4-11H2,1-3H3,(H,15,20)(H,18,19). The maximum absolute atomic E-state index is 12.0. The minimum absolute atomic E-state index is 0.0705. The molecule has 0 aromatic carbocycles. The number of amides is 2. The molecule has 2 amide bonds. The van der Waals surface area contributed by atoms with Gasteiger partial charge < -0.3 is 20.2 Å². The van der Waals surface area contributed by atoms with E-state index >= 15 is 0 Å². The first-order valence-electron chi connectivity index (χ1n) is 7.32. The van der Waals surface area contributed by atoms with Crippen LogP contribution >= 0.6 is 0 Å². The van der Waals surface area contributed by atoms with Gasteiger partial charge in [0.1, 0.15) is 0 Å². The Hall–Kier alpha value is -1.30. The number of likely N-dealkylation sites (tertiary alicyclic amines) is 1. The Bertz CT molecular complexity index is 337. The average Bonchev–Trinajstić information content (AvgIpc) is 2.43. The Morgan fingerprint density at radius 2 is 1.90 bits per heavy atom. The number of urea groups is 1. The molecular weight excluding hydrogens is 258 g/mol. The molecule has 1 aliphatic heterocycles. The highest BCUT2D eigenvalue weighted by molar-refractivity contribution is 5.77. The zero-order valence-electron chi connectivity index (χ0n) is 12.8. The SMILES string of the molecule is CCC1(C(=O)O)CCN(C(=O)NCCCN(C)C)CC1. The lowest BCUT2D eigenvalue weighted by Crippen LogP contribution is -2.49. The number of carbonyl (C=O) groups is 2. The summed E-state index contributed by atoms with van der Waals surface area (Å²) >= 11 is 0. The van der Waals surface area contributed by atoms with E-state index in [0.29, 0.717) is 38.9 Å². The quantitative estimate of drug-likeness (QED) is 0.720. The monoisotopic (exact) mass is 285 g/mol. The van der Waals surface area contributed by atoms with Gasteiger partial charge in [-0.15, -0.1) is 0 Å². The van der Waals surface area contributed by atoms with Crippen LogP contribution in [0.4, 0.5) is 4.79 Å². The number of carboxylic acids is 1. The van der Waals surface area contributed by atoms with Gasteiger partial charge in [0.05, 0.1) is 5.41 Å². The highest BCUT2D eigenvalue weighted by atomic mass is 16.4. The van der Waals surface area contributed by atoms with E-state index in [4.69, 9.17) is 0 Å². The first-order valence-corrected chi connectivity index (χ1v) is 7.32. The van der Waals surface area contributed by atoms with Crippen molar-refractivity contribution >= 4 is 12.0 Å². The Morgan fingerprint density at radius 1 is 1.30 bits per heavy atom. The number of aliphatic carboxylic acids is 1. The molecule has 1 fully saturated rings. The van der Waals surface area contributed by atoms with Gasteiger partial charge in [0.15, 0.2) is 0 Å². The van der Waals surface area contributed by atoms with Gasteiger partial charge in [-0.1, -0.05) is 6.92 Å². The van der Waals surface area contributed by atoms with Crippen LogP contribution in [0.1, 0.15) is 32.6 Å². The van der Waals surface area contributed by atoms with Crippen molar-refractivity contribution in [1.29, 1.82) is 0 Å². The molecule has 1 aliphatic rings. The Balaban J connectivity index is 2.34. The highest BCUT2D eigenvalue weighted by Gasteiger charge is 2.40. The largest absolute Gasteiger partial charge is 0.481 e. The van der Waals surface area contributed by atoms with E-state index in [9.17, 15) is 14.7 Å². The fourth-order valence-corrected chi connectivity index (χ4v) is 2.56. The second-order valence-corrected chi connectivity index (χ2v) is 5.81. The van der Waals surface area contributed by atoms with E-state index in [1.54, 1.807) is 4.90 Å². The van der Waals surface area contributed by atoms with Gasteiger partial charge in [0.2, 0.25) is 0 Å². The topological polar surface area (TPSA) is 72.9 Å². The molecule has 6 heteroatoms. The summed E-state index contributed by atoms with van der Waals surface area (Å²) in [6.07, 6.45) is 2.63. The molecule has 0 spiro atoms. The van der Waals surface area contributed by atoms with Gasteiger partial charge in [-0.2, -0.15) is 0 Å². The fraction of sp³-hybridized carbons (Fsp3) is 0.857. The van der Waals surface area contributed by atoms with Gasteiger partial charge in [-0.3, -0.25) is 4.79 Å². The maximum atomic E-state index is 12.0. The third kappa shape index (κ3) is 4.37. The van der Waals surface area contributed by atoms with Gasteiger partial charge in [0, 0.05) is 19.6 Å². The number of carbonyl (C=O) groups excluding carboxylic acids is 1. The molecule has 116 valence electrons. The molecule has 20 heavy (non-hydrogen) atoms. The number of piperidine rings is 1. The first kappa shape index (κ1) is 16.8. The van der Waals surface area contributed by atoms with Gasteiger partial charge in [0.25, 0.3) is 0 Å². The second-order valence-electron chi connectivity index (χ2n) is 5.81. The summed E-state index contributed by atoms with van der Waals surface area (Å²) in [6.45, 7) is 4.56. The van der Waals surface area contributed by atoms with Crippen molar-refractivity contribution in [2.45, 2.75) is 32.6 Å². The molecule has 0 unspecified atom stereocenters. The van der Waals surface area contributed by atoms with Crippen LogP contribution in [-0.2, 0) is 4.79 Å². The van der Waals surface area contributed by atoms with Gasteiger partial charge in [-0.25, -0.2) is 4.79 Å². The van der Waals surface area contributed by atoms with Crippen LogP contribution in [0.25, 0.3) is 0 Å². The molecule has 0 aromatic rings. The minimum atomic E-state index is -0.731. The van der Waals surface area contributed by atoms with Crippen LogP contribution < -0.4 is 5.32 Å². The van der Waals surface area contributed by atoms with Crippen molar-refractivity contribution < 1.29 is 14.7 Å². The summed E-state index contributed by atoms with van der Waals surface area (Å²) in [5.41, 5.74) is -0.637. The lowest BCUT2D eigenvalue weighted by molar-refractivity contribution is -0.151. The van der Waals surface area contributed by atoms with Crippen molar-refractivity contribution in [3.8, 4) is 0 Å². The first-order chi connectivity index (χ1) is 9.41. The van der Waals surface area contributed by atoms with E-state index in [0.717, 1.165) is 13.0 Å². The molecular formula is C14H27N3O3. The van der Waals surface area contributed by atoms with Crippen LogP contribution in [0.5, 0.6) is 0 Å². The van der Waals surface area contributed by atoms with E-state index in [-0.39, 0.29) is 6.03 Å². The van der Waals surface area contributed by atoms with Crippen LogP contribution in [0.2, 0.25) is 0 Å². The number of rotatable bonds is 6. The molecule has 1 rings (SSSR count). The summed E-state index contributed by atoms with van der Waals surface area (Å²) in [5, 5.41) is 12.2. The van der Waals surface area contributed by atoms with Gasteiger partial charge >= 0.3 is 12.0 Å². The molecule has 0 aromatic heterocycles. The Morgan fingerprint density at radius 3 is 2.35 bits per heavy atom. The highest BCUT2D eigenvalue weighted by Crippen LogP contribution is 2.35. The molecule has 2 N–H and O–H groups in total. The minimum Gasteiger partial charge on any atom is -0.481 e. The van der Waals surface area contributed by atoms with E-state index in [2.05, 4.69) is 10.2 Å². The van der Waals surface area contributed by atoms with Crippen LogP contribution in [-0.4, -0.2) is 67.2 Å². The summed E-state index contributed by atoms with van der Waals surface area (Å²) < 4.78 is 0. The number of carboxylic acid groups (broad SMARTS) is 1. The normalized spacial score (nSPS) is 18.1. The fourth-order valence-electron chi connectivity index (χ4n) is 2.56. The summed E-state index contributed by atoms with van der Waals surface area (Å²) in [5.74, 6) is -0.731. The molecule has 1 saturated heterocycles. The third-order valence-electron chi connectivity index (χ3n) is 4.20. The zero-order chi connectivity index (χ0) is 15.2. The lowest BCUT2D eigenvalue weighted by Gasteiger charge is -2.38. The second kappa shape index (κ2) is 7.47. The summed E-state index contributed by atoms with van der Waals surface area (Å²) in [7, 11) is 4.01. The van der Waals surface area contributed by atoms with E-state index in [1.165, 1.54) is 0 Å². The molecule has 0 radical (unpaired) electrons. The summed E-state index contributed by atoms with van der Waals surface area (Å²) in [4.78, 5) is 27.1. The van der Waals surface area contributed by atoms with Gasteiger partial charge in [-0.05, 0) is 46.3 Å². The smallest absolute Gasteiger partial charge is 0.317 e. The van der Waals surface area contributed by atoms with Crippen LogP contribution in [0, 0.1) is 5.41 Å². The summed E-state index contributed by atoms with van der Waals surface area (Å²) in [6, 6.07) is -0.0705. The lowest BCUT2D eigenvalue weighted by atomic mass is 9.76.